The lowest BCUT2D eigenvalue weighted by Gasteiger charge is -2.30. The number of rotatable bonds is 3. The molecular weight excluding hydrogens is 360 g/mol. The van der Waals surface area contributed by atoms with Crippen molar-refractivity contribution in [3.63, 3.8) is 0 Å². The Morgan fingerprint density at radius 2 is 1.89 bits per heavy atom. The molecule has 138 valence electrons. The minimum atomic E-state index is -0.0457. The highest BCUT2D eigenvalue weighted by Gasteiger charge is 2.26. The number of benzene rings is 1. The number of nitrogens with zero attached hydrogens (tertiary/aromatic N) is 3. The van der Waals surface area contributed by atoms with E-state index in [1.54, 1.807) is 29.4 Å². The van der Waals surface area contributed by atoms with Crippen LogP contribution in [0.4, 0.5) is 5.69 Å². The number of likely N-dealkylation sites (tertiary alicyclic amines) is 1. The number of fused-ring (bicyclic) bond motifs is 1. The van der Waals surface area contributed by atoms with E-state index in [1.165, 1.54) is 0 Å². The number of hydrogen-bond acceptors (Lipinski definition) is 5. The molecule has 0 aliphatic carbocycles. The molecule has 0 radical (unpaired) electrons. The number of carbonyl (C=O) groups excluding carboxylic acids is 2. The first-order valence-electron chi connectivity index (χ1n) is 8.98. The first-order chi connectivity index (χ1) is 13.1. The van der Waals surface area contributed by atoms with E-state index in [0.29, 0.717) is 25.9 Å². The van der Waals surface area contributed by atoms with Gasteiger partial charge in [0, 0.05) is 43.4 Å². The maximum Gasteiger partial charge on any atom is 0.227 e. The van der Waals surface area contributed by atoms with Crippen LogP contribution in [0.2, 0.25) is 0 Å². The average Bonchev–Trinajstić information content (AvgIpc) is 3.13. The van der Waals surface area contributed by atoms with Gasteiger partial charge >= 0.3 is 0 Å². The summed E-state index contributed by atoms with van der Waals surface area (Å²) < 4.78 is 0. The zero-order chi connectivity index (χ0) is 18.8. The number of thiazole rings is 1. The van der Waals surface area contributed by atoms with Crippen molar-refractivity contribution < 1.29 is 9.59 Å². The molecule has 3 aromatic rings. The highest BCUT2D eigenvalue weighted by Crippen LogP contribution is 2.29. The number of piperidine rings is 1. The number of anilines is 1. The van der Waals surface area contributed by atoms with Crippen LogP contribution < -0.4 is 5.32 Å². The van der Waals surface area contributed by atoms with Gasteiger partial charge in [0.15, 0.2) is 0 Å². The van der Waals surface area contributed by atoms with Gasteiger partial charge in [-0.1, -0.05) is 11.3 Å². The fraction of sp³-hybridized carbons (Fsp3) is 0.300. The third-order valence-corrected chi connectivity index (χ3v) is 5.91. The molecule has 1 aromatic carbocycles. The van der Waals surface area contributed by atoms with Crippen molar-refractivity contribution in [1.82, 2.24) is 14.9 Å². The monoisotopic (exact) mass is 380 g/mol. The summed E-state index contributed by atoms with van der Waals surface area (Å²) in [7, 11) is 0. The third-order valence-electron chi connectivity index (χ3n) is 4.88. The SMILES string of the molecule is CC(=O)N1CCC(C(=O)Nc2ccc(-c3nc4cccnc4s3)cc2)CC1. The number of nitrogens with one attached hydrogen (secondary N) is 1. The average molecular weight is 380 g/mol. The second-order valence-corrected chi connectivity index (χ2v) is 7.67. The lowest BCUT2D eigenvalue weighted by molar-refractivity contribution is -0.132. The molecular formula is C20H20N4O2S. The number of amides is 2. The molecule has 0 spiro atoms. The van der Waals surface area contributed by atoms with Crippen LogP contribution in [0, 0.1) is 5.92 Å². The van der Waals surface area contributed by atoms with Crippen molar-refractivity contribution in [2.45, 2.75) is 19.8 Å². The minimum Gasteiger partial charge on any atom is -0.343 e. The van der Waals surface area contributed by atoms with Crippen molar-refractivity contribution in [1.29, 1.82) is 0 Å². The summed E-state index contributed by atoms with van der Waals surface area (Å²) in [6.45, 7) is 2.87. The van der Waals surface area contributed by atoms with Crippen molar-refractivity contribution in [3.8, 4) is 10.6 Å². The van der Waals surface area contributed by atoms with Gasteiger partial charge in [-0.25, -0.2) is 9.97 Å². The Kier molecular flexibility index (Phi) is 4.85. The first-order valence-corrected chi connectivity index (χ1v) is 9.80. The Balaban J connectivity index is 1.40. The summed E-state index contributed by atoms with van der Waals surface area (Å²) in [4.78, 5) is 35.5. The van der Waals surface area contributed by atoms with Crippen LogP contribution in [0.25, 0.3) is 20.9 Å². The van der Waals surface area contributed by atoms with E-state index in [2.05, 4.69) is 15.3 Å². The van der Waals surface area contributed by atoms with Gasteiger partial charge in [-0.3, -0.25) is 9.59 Å². The predicted molar refractivity (Wildman–Crippen MR) is 106 cm³/mol. The lowest BCUT2D eigenvalue weighted by atomic mass is 9.96. The normalized spacial score (nSPS) is 15.1. The molecule has 1 aliphatic rings. The van der Waals surface area contributed by atoms with Gasteiger partial charge in [0.2, 0.25) is 11.8 Å². The van der Waals surface area contributed by atoms with E-state index in [9.17, 15) is 9.59 Å². The van der Waals surface area contributed by atoms with Crippen LogP contribution in [0.15, 0.2) is 42.6 Å². The molecule has 1 N–H and O–H groups in total. The van der Waals surface area contributed by atoms with Crippen LogP contribution in [-0.2, 0) is 9.59 Å². The largest absolute Gasteiger partial charge is 0.343 e. The Labute approximate surface area is 161 Å². The first kappa shape index (κ1) is 17.6. The highest BCUT2D eigenvalue weighted by atomic mass is 32.1. The van der Waals surface area contributed by atoms with Gasteiger partial charge in [-0.05, 0) is 49.2 Å². The molecule has 1 aliphatic heterocycles. The highest BCUT2D eigenvalue weighted by molar-refractivity contribution is 7.21. The third kappa shape index (κ3) is 3.83. The van der Waals surface area contributed by atoms with Gasteiger partial charge in [0.1, 0.15) is 15.4 Å². The van der Waals surface area contributed by atoms with Crippen LogP contribution in [0.5, 0.6) is 0 Å². The van der Waals surface area contributed by atoms with Gasteiger partial charge in [-0.15, -0.1) is 0 Å². The van der Waals surface area contributed by atoms with Gasteiger partial charge < -0.3 is 10.2 Å². The van der Waals surface area contributed by atoms with Crippen molar-refractivity contribution in [2.75, 3.05) is 18.4 Å². The lowest BCUT2D eigenvalue weighted by Crippen LogP contribution is -2.40. The summed E-state index contributed by atoms with van der Waals surface area (Å²) >= 11 is 1.55. The summed E-state index contributed by atoms with van der Waals surface area (Å²) in [6.07, 6.45) is 3.19. The molecule has 0 unspecified atom stereocenters. The molecule has 1 saturated heterocycles. The molecule has 0 atom stereocenters. The van der Waals surface area contributed by atoms with Crippen LogP contribution in [0.3, 0.4) is 0 Å². The molecule has 4 rings (SSSR count). The standard InChI is InChI=1S/C20H20N4O2S/c1-13(25)24-11-8-14(9-12-24)18(26)22-16-6-4-15(5-7-16)19-23-17-3-2-10-21-20(17)27-19/h2-7,10,14H,8-9,11-12H2,1H3,(H,22,26). The Morgan fingerprint density at radius 1 is 1.15 bits per heavy atom. The maximum atomic E-state index is 12.5. The van der Waals surface area contributed by atoms with Gasteiger partial charge in [0.25, 0.3) is 0 Å². The number of pyridine rings is 1. The predicted octanol–water partition coefficient (Wildman–Crippen LogP) is 3.56. The second-order valence-electron chi connectivity index (χ2n) is 6.69. The van der Waals surface area contributed by atoms with Crippen LogP contribution in [0.1, 0.15) is 19.8 Å². The van der Waals surface area contributed by atoms with Crippen molar-refractivity contribution in [2.24, 2.45) is 5.92 Å². The fourth-order valence-corrected chi connectivity index (χ4v) is 4.20. The summed E-state index contributed by atoms with van der Waals surface area (Å²) in [5.41, 5.74) is 2.68. The zero-order valence-electron chi connectivity index (χ0n) is 15.0. The molecule has 7 heteroatoms. The number of carbonyl (C=O) groups is 2. The molecule has 6 nitrogen and oxygen atoms in total. The summed E-state index contributed by atoms with van der Waals surface area (Å²) in [5.74, 6) is 0.0558. The van der Waals surface area contributed by atoms with Crippen molar-refractivity contribution in [3.05, 3.63) is 42.6 Å². The summed E-state index contributed by atoms with van der Waals surface area (Å²) in [5, 5.41) is 3.90. The Hall–Kier alpha value is -2.80. The van der Waals surface area contributed by atoms with Crippen LogP contribution >= 0.6 is 11.3 Å². The van der Waals surface area contributed by atoms with Crippen LogP contribution in [-0.4, -0.2) is 39.8 Å². The van der Waals surface area contributed by atoms with Crippen molar-refractivity contribution >= 4 is 39.2 Å². The maximum absolute atomic E-state index is 12.5. The fourth-order valence-electron chi connectivity index (χ4n) is 3.29. The molecule has 0 saturated carbocycles. The Bertz CT molecular complexity index is 942. The molecule has 1 fully saturated rings. The molecule has 0 bridgehead atoms. The summed E-state index contributed by atoms with van der Waals surface area (Å²) in [6, 6.07) is 11.6. The molecule has 2 aromatic heterocycles. The van der Waals surface area contributed by atoms with E-state index < -0.39 is 0 Å². The topological polar surface area (TPSA) is 75.2 Å². The smallest absolute Gasteiger partial charge is 0.227 e. The number of aromatic nitrogens is 2. The van der Waals surface area contributed by atoms with E-state index >= 15 is 0 Å². The minimum absolute atomic E-state index is 0.0233. The quantitative estimate of drug-likeness (QED) is 0.754. The molecule has 3 heterocycles. The number of hydrogen-bond donors (Lipinski definition) is 1. The van der Waals surface area contributed by atoms with E-state index in [1.807, 2.05) is 36.4 Å². The van der Waals surface area contributed by atoms with Gasteiger partial charge in [-0.2, -0.15) is 0 Å². The van der Waals surface area contributed by atoms with E-state index in [-0.39, 0.29) is 17.7 Å². The second kappa shape index (κ2) is 7.44. The van der Waals surface area contributed by atoms with E-state index in [0.717, 1.165) is 26.6 Å². The van der Waals surface area contributed by atoms with E-state index in [4.69, 9.17) is 0 Å². The Morgan fingerprint density at radius 3 is 2.56 bits per heavy atom. The van der Waals surface area contributed by atoms with Gasteiger partial charge in [0.05, 0.1) is 0 Å². The molecule has 27 heavy (non-hydrogen) atoms. The zero-order valence-corrected chi connectivity index (χ0v) is 15.8. The molecule has 2 amide bonds.